The molecule has 15 heavy (non-hydrogen) atoms. The molecule has 0 atom stereocenters. The third-order valence-corrected chi connectivity index (χ3v) is 1.56. The van der Waals surface area contributed by atoms with Crippen molar-refractivity contribution in [1.29, 1.82) is 0 Å². The van der Waals surface area contributed by atoms with E-state index in [1.807, 2.05) is 20.8 Å². The molecule has 85 valence electrons. The van der Waals surface area contributed by atoms with E-state index in [4.69, 9.17) is 6.42 Å². The van der Waals surface area contributed by atoms with E-state index in [0.717, 1.165) is 19.3 Å². The zero-order valence-corrected chi connectivity index (χ0v) is 13.1. The quantitative estimate of drug-likeness (QED) is 0.573. The molecule has 0 saturated heterocycles. The maximum absolute atomic E-state index is 11.0. The minimum absolute atomic E-state index is 0. The van der Waals surface area contributed by atoms with Crippen molar-refractivity contribution in [2.75, 3.05) is 0 Å². The van der Waals surface area contributed by atoms with Crippen LogP contribution in [0, 0.1) is 31.6 Å². The van der Waals surface area contributed by atoms with Crippen molar-refractivity contribution in [2.45, 2.75) is 46.5 Å². The number of hydrogen-bond donors (Lipinski definition) is 0. The Balaban J connectivity index is -0.000000208. The van der Waals surface area contributed by atoms with Crippen molar-refractivity contribution < 1.29 is 37.5 Å². The van der Waals surface area contributed by atoms with E-state index in [0.29, 0.717) is 12.2 Å². The summed E-state index contributed by atoms with van der Waals surface area (Å²) in [6, 6.07) is 0. The Bertz CT molecular complexity index is 184. The van der Waals surface area contributed by atoms with Crippen molar-refractivity contribution >= 4 is 5.78 Å². The minimum Gasteiger partial charge on any atom is -0.343 e. The topological polar surface area (TPSA) is 17.1 Å². The molecule has 0 spiro atoms. The van der Waals surface area contributed by atoms with E-state index in [1.165, 1.54) is 0 Å². The van der Waals surface area contributed by atoms with Crippen LogP contribution in [-0.4, -0.2) is 5.78 Å². The van der Waals surface area contributed by atoms with Crippen LogP contribution in [0.2, 0.25) is 0 Å². The van der Waals surface area contributed by atoms with Gasteiger partial charge in [-0.15, -0.1) is 12.3 Å². The molecular weight excluding hydrogens is 261 g/mol. The zero-order chi connectivity index (χ0) is 11.6. The first-order chi connectivity index (χ1) is 6.40. The van der Waals surface area contributed by atoms with Gasteiger partial charge in [0.15, 0.2) is 0 Å². The molecule has 0 fully saturated rings. The standard InChI is InChI=1S/C8H15O.C5H7.Y/c1-5-6-7(9)8(2,3)4;1-3-5-4-2;/h1,5-6H2,2-4H3;1H,2,4-5H2;/q2*-1;. The molecule has 1 nitrogen and oxygen atoms in total. The fourth-order valence-electron chi connectivity index (χ4n) is 0.638. The number of hydrogen-bond acceptors (Lipinski definition) is 1. The molecule has 0 saturated carbocycles. The van der Waals surface area contributed by atoms with Gasteiger partial charge in [0.25, 0.3) is 0 Å². The molecule has 0 rings (SSSR count). The zero-order valence-electron chi connectivity index (χ0n) is 10.3. The van der Waals surface area contributed by atoms with Crippen LogP contribution in [0.3, 0.4) is 0 Å². The number of carbonyl (C=O) groups excluding carboxylic acids is 1. The number of ketones is 1. The van der Waals surface area contributed by atoms with Crippen LogP contribution in [0.5, 0.6) is 0 Å². The Hall–Kier alpha value is 0.334. The van der Waals surface area contributed by atoms with Gasteiger partial charge in [0.1, 0.15) is 5.78 Å². The average Bonchev–Trinajstić information content (AvgIpc) is 2.05. The fourth-order valence-corrected chi connectivity index (χ4v) is 0.638. The van der Waals surface area contributed by atoms with E-state index < -0.39 is 0 Å². The van der Waals surface area contributed by atoms with Crippen LogP contribution in [-0.2, 0) is 37.5 Å². The summed E-state index contributed by atoms with van der Waals surface area (Å²) >= 11 is 0. The largest absolute Gasteiger partial charge is 0.343 e. The monoisotopic (exact) mass is 283 g/mol. The summed E-state index contributed by atoms with van der Waals surface area (Å²) in [6.07, 6.45) is 7.85. The van der Waals surface area contributed by atoms with Crippen molar-refractivity contribution in [3.63, 3.8) is 0 Å². The van der Waals surface area contributed by atoms with Gasteiger partial charge in [-0.1, -0.05) is 20.8 Å². The Morgan fingerprint density at radius 2 is 1.73 bits per heavy atom. The number of carbonyl (C=O) groups is 1. The predicted molar refractivity (Wildman–Crippen MR) is 62.5 cm³/mol. The summed E-state index contributed by atoms with van der Waals surface area (Å²) in [4.78, 5) is 11.0. The molecule has 0 bridgehead atoms. The second kappa shape index (κ2) is 12.4. The van der Waals surface area contributed by atoms with Gasteiger partial charge < -0.3 is 13.8 Å². The van der Waals surface area contributed by atoms with Crippen molar-refractivity contribution in [2.24, 2.45) is 5.41 Å². The Morgan fingerprint density at radius 1 is 1.27 bits per heavy atom. The Labute approximate surface area is 121 Å². The van der Waals surface area contributed by atoms with Crippen molar-refractivity contribution in [3.05, 3.63) is 13.8 Å². The number of Topliss-reactive ketones (excluding diaryl/α,β-unsaturated/α-hetero) is 1. The van der Waals surface area contributed by atoms with E-state index in [9.17, 15) is 4.79 Å². The van der Waals surface area contributed by atoms with Crippen molar-refractivity contribution in [1.82, 2.24) is 0 Å². The fraction of sp³-hybridized carbons (Fsp3) is 0.615. The summed E-state index contributed by atoms with van der Waals surface area (Å²) in [5.74, 6) is 2.76. The second-order valence-electron chi connectivity index (χ2n) is 4.08. The number of rotatable bonds is 3. The smallest absolute Gasteiger partial charge is 0.135 e. The summed E-state index contributed by atoms with van der Waals surface area (Å²) in [6.45, 7) is 13.0. The molecule has 0 N–H and O–H groups in total. The first kappa shape index (κ1) is 20.7. The van der Waals surface area contributed by atoms with Crippen LogP contribution >= 0.6 is 0 Å². The van der Waals surface area contributed by atoms with Gasteiger partial charge >= 0.3 is 0 Å². The molecule has 1 radical (unpaired) electrons. The Morgan fingerprint density at radius 3 is 1.80 bits per heavy atom. The molecule has 0 aromatic heterocycles. The number of terminal acetylenes is 1. The number of unbranched alkanes of at least 4 members (excludes halogenated alkanes) is 1. The van der Waals surface area contributed by atoms with Gasteiger partial charge in [-0.2, -0.15) is 12.8 Å². The summed E-state index contributed by atoms with van der Waals surface area (Å²) < 4.78 is 0. The molecule has 0 aromatic rings. The SMILES string of the molecule is C#CCC[CH2-].[CH2-]CCC(=O)C(C)(C)C.[Y]. The van der Waals surface area contributed by atoms with E-state index in [1.54, 1.807) is 0 Å². The molecule has 0 unspecified atom stereocenters. The third-order valence-electron chi connectivity index (χ3n) is 1.56. The first-order valence-electron chi connectivity index (χ1n) is 4.95. The van der Waals surface area contributed by atoms with Crippen LogP contribution in [0.15, 0.2) is 0 Å². The first-order valence-corrected chi connectivity index (χ1v) is 4.95. The third kappa shape index (κ3) is 17.0. The molecule has 0 aliphatic rings. The van der Waals surface area contributed by atoms with Crippen molar-refractivity contribution in [3.8, 4) is 12.3 Å². The summed E-state index contributed by atoms with van der Waals surface area (Å²) in [7, 11) is 0. The Kier molecular flexibility index (Phi) is 17.1. The van der Waals surface area contributed by atoms with Gasteiger partial charge in [0.2, 0.25) is 0 Å². The maximum atomic E-state index is 11.0. The van der Waals surface area contributed by atoms with Gasteiger partial charge in [-0.05, 0) is 12.8 Å². The van der Waals surface area contributed by atoms with Crippen LogP contribution in [0.4, 0.5) is 0 Å². The normalized spacial score (nSPS) is 9.07. The van der Waals surface area contributed by atoms with E-state index >= 15 is 0 Å². The summed E-state index contributed by atoms with van der Waals surface area (Å²) in [5.41, 5.74) is -0.169. The van der Waals surface area contributed by atoms with Gasteiger partial charge in [-0.3, -0.25) is 4.79 Å². The van der Waals surface area contributed by atoms with Gasteiger partial charge in [-0.25, -0.2) is 0 Å². The molecule has 0 aromatic carbocycles. The average molecular weight is 283 g/mol. The maximum Gasteiger partial charge on any atom is 0.135 e. The van der Waals surface area contributed by atoms with Gasteiger partial charge in [0, 0.05) is 38.1 Å². The van der Waals surface area contributed by atoms with Crippen LogP contribution in [0.1, 0.15) is 46.5 Å². The van der Waals surface area contributed by atoms with Gasteiger partial charge in [0.05, 0.1) is 0 Å². The van der Waals surface area contributed by atoms with E-state index in [-0.39, 0.29) is 38.1 Å². The second-order valence-corrected chi connectivity index (χ2v) is 4.08. The molecule has 2 heteroatoms. The van der Waals surface area contributed by atoms with E-state index in [2.05, 4.69) is 19.8 Å². The molecular formula is C13H22OY-2. The predicted octanol–water partition coefficient (Wildman–Crippen LogP) is 3.45. The van der Waals surface area contributed by atoms with Crippen LogP contribution in [0.25, 0.3) is 0 Å². The summed E-state index contributed by atoms with van der Waals surface area (Å²) in [5, 5.41) is 0. The molecule has 0 aliphatic heterocycles. The minimum atomic E-state index is -0.169. The van der Waals surface area contributed by atoms with Crippen LogP contribution < -0.4 is 0 Å². The molecule has 0 heterocycles. The molecule has 0 amide bonds. The molecule has 0 aliphatic carbocycles.